The van der Waals surface area contributed by atoms with Gasteiger partial charge < -0.3 is 15.0 Å². The van der Waals surface area contributed by atoms with Crippen LogP contribution < -0.4 is 15.6 Å². The summed E-state index contributed by atoms with van der Waals surface area (Å²) in [6, 6.07) is 8.01. The molecule has 0 bridgehead atoms. The van der Waals surface area contributed by atoms with Crippen molar-refractivity contribution in [1.82, 2.24) is 10.7 Å². The number of nitro groups is 1. The number of benzene rings is 2. The van der Waals surface area contributed by atoms with Crippen molar-refractivity contribution in [3.05, 3.63) is 67.7 Å². The molecule has 12 heteroatoms. The van der Waals surface area contributed by atoms with Crippen molar-refractivity contribution in [2.45, 2.75) is 19.9 Å². The van der Waals surface area contributed by atoms with Crippen LogP contribution in [0.3, 0.4) is 0 Å². The van der Waals surface area contributed by atoms with Gasteiger partial charge in [0.2, 0.25) is 0 Å². The smallest absolute Gasteiger partial charge is 0.270 e. The van der Waals surface area contributed by atoms with E-state index in [1.165, 1.54) is 36.5 Å². The average Bonchev–Trinajstić information content (AvgIpc) is 2.82. The first-order valence-corrected chi connectivity index (χ1v) is 11.6. The number of rotatable bonds is 8. The number of nitrogens with zero attached hydrogens (tertiary/aromatic N) is 3. The predicted molar refractivity (Wildman–Crippen MR) is 134 cm³/mol. The molecule has 0 radical (unpaired) electrons. The van der Waals surface area contributed by atoms with Gasteiger partial charge in [0.1, 0.15) is 6.04 Å². The van der Waals surface area contributed by atoms with Gasteiger partial charge in [-0.05, 0) is 30.2 Å². The Labute approximate surface area is 212 Å². The molecule has 1 saturated heterocycles. The Morgan fingerprint density at radius 2 is 1.89 bits per heavy atom. The summed E-state index contributed by atoms with van der Waals surface area (Å²) in [6.45, 7) is 5.87. The molecular weight excluding hydrogens is 497 g/mol. The van der Waals surface area contributed by atoms with E-state index in [9.17, 15) is 19.7 Å². The summed E-state index contributed by atoms with van der Waals surface area (Å²) in [6.07, 6.45) is 1.35. The van der Waals surface area contributed by atoms with Crippen LogP contribution in [0.15, 0.2) is 41.5 Å². The van der Waals surface area contributed by atoms with Crippen LogP contribution in [-0.2, 0) is 9.53 Å². The van der Waals surface area contributed by atoms with E-state index in [4.69, 9.17) is 27.9 Å². The lowest BCUT2D eigenvalue weighted by Crippen LogP contribution is -2.48. The summed E-state index contributed by atoms with van der Waals surface area (Å²) in [5.41, 5.74) is 3.72. The van der Waals surface area contributed by atoms with Crippen molar-refractivity contribution >= 4 is 52.6 Å². The number of hydrogen-bond donors (Lipinski definition) is 2. The van der Waals surface area contributed by atoms with Gasteiger partial charge in [-0.15, -0.1) is 0 Å². The number of hydrogen-bond acceptors (Lipinski definition) is 7. The van der Waals surface area contributed by atoms with Gasteiger partial charge in [0.15, 0.2) is 0 Å². The lowest BCUT2D eigenvalue weighted by atomic mass is 10.0. The Morgan fingerprint density at radius 3 is 2.51 bits per heavy atom. The number of carbonyl (C=O) groups excluding carboxylic acids is 2. The zero-order chi connectivity index (χ0) is 25.5. The summed E-state index contributed by atoms with van der Waals surface area (Å²) in [4.78, 5) is 38.3. The number of amides is 2. The van der Waals surface area contributed by atoms with Gasteiger partial charge in [0.05, 0.1) is 34.9 Å². The van der Waals surface area contributed by atoms with E-state index in [-0.39, 0.29) is 22.2 Å². The lowest BCUT2D eigenvalue weighted by molar-refractivity contribution is -0.384. The third kappa shape index (κ3) is 6.91. The molecule has 35 heavy (non-hydrogen) atoms. The SMILES string of the molecule is CC(C)C(NC(=O)c1ccc(Cl)cc1Cl)C(=O)N/N=C/c1cc([N+](=O)[O-])ccc1N1CCOCC1. The average molecular weight is 522 g/mol. The van der Waals surface area contributed by atoms with Crippen molar-refractivity contribution in [3.8, 4) is 0 Å². The molecule has 2 amide bonds. The highest BCUT2D eigenvalue weighted by Gasteiger charge is 2.25. The Bertz CT molecular complexity index is 1140. The number of nitro benzene ring substituents is 1. The fraction of sp³-hybridized carbons (Fsp3) is 0.348. The van der Waals surface area contributed by atoms with Crippen molar-refractivity contribution in [2.24, 2.45) is 11.0 Å². The van der Waals surface area contributed by atoms with Crippen LogP contribution in [0.5, 0.6) is 0 Å². The first kappa shape index (κ1) is 26.4. The second-order valence-corrected chi connectivity index (χ2v) is 9.00. The zero-order valence-electron chi connectivity index (χ0n) is 19.2. The highest BCUT2D eigenvalue weighted by Crippen LogP contribution is 2.25. The highest BCUT2D eigenvalue weighted by atomic mass is 35.5. The predicted octanol–water partition coefficient (Wildman–Crippen LogP) is 3.64. The highest BCUT2D eigenvalue weighted by molar-refractivity contribution is 6.36. The molecule has 0 aromatic heterocycles. The third-order valence-corrected chi connectivity index (χ3v) is 5.91. The Kier molecular flexibility index (Phi) is 9.02. The summed E-state index contributed by atoms with van der Waals surface area (Å²) < 4.78 is 5.37. The zero-order valence-corrected chi connectivity index (χ0v) is 20.7. The largest absolute Gasteiger partial charge is 0.378 e. The van der Waals surface area contributed by atoms with E-state index in [0.717, 1.165) is 5.69 Å². The van der Waals surface area contributed by atoms with Gasteiger partial charge in [0.25, 0.3) is 17.5 Å². The van der Waals surface area contributed by atoms with Crippen LogP contribution in [0, 0.1) is 16.0 Å². The number of hydrazone groups is 1. The molecule has 1 aliphatic rings. The van der Waals surface area contributed by atoms with Crippen LogP contribution in [-0.4, -0.2) is 55.3 Å². The summed E-state index contributed by atoms with van der Waals surface area (Å²) in [7, 11) is 0. The van der Waals surface area contributed by atoms with E-state index >= 15 is 0 Å². The van der Waals surface area contributed by atoms with E-state index in [2.05, 4.69) is 15.8 Å². The van der Waals surface area contributed by atoms with Crippen LogP contribution in [0.1, 0.15) is 29.8 Å². The maximum absolute atomic E-state index is 12.8. The van der Waals surface area contributed by atoms with E-state index < -0.39 is 22.8 Å². The number of morpholine rings is 1. The molecule has 0 saturated carbocycles. The first-order chi connectivity index (χ1) is 16.7. The third-order valence-electron chi connectivity index (χ3n) is 5.36. The molecule has 0 aliphatic carbocycles. The topological polar surface area (TPSA) is 126 Å². The monoisotopic (exact) mass is 521 g/mol. The molecule has 1 heterocycles. The van der Waals surface area contributed by atoms with Gasteiger partial charge in [-0.2, -0.15) is 5.10 Å². The molecular formula is C23H25Cl2N5O5. The Hall–Kier alpha value is -3.21. The number of anilines is 1. The maximum atomic E-state index is 12.8. The van der Waals surface area contributed by atoms with Gasteiger partial charge in [-0.3, -0.25) is 19.7 Å². The Morgan fingerprint density at radius 1 is 1.17 bits per heavy atom. The second kappa shape index (κ2) is 12.0. The number of halogens is 2. The summed E-state index contributed by atoms with van der Waals surface area (Å²) >= 11 is 12.0. The van der Waals surface area contributed by atoms with Gasteiger partial charge in [-0.1, -0.05) is 37.0 Å². The normalized spacial score (nSPS) is 14.7. The molecule has 1 aliphatic heterocycles. The van der Waals surface area contributed by atoms with Crippen LogP contribution in [0.2, 0.25) is 10.0 Å². The fourth-order valence-corrected chi connectivity index (χ4v) is 4.01. The number of nitrogens with one attached hydrogen (secondary N) is 2. The number of carbonyl (C=O) groups is 2. The van der Waals surface area contributed by atoms with Crippen molar-refractivity contribution < 1.29 is 19.2 Å². The van der Waals surface area contributed by atoms with Crippen molar-refractivity contribution in [3.63, 3.8) is 0 Å². The van der Waals surface area contributed by atoms with E-state index in [1.807, 2.05) is 4.90 Å². The molecule has 0 spiro atoms. The molecule has 1 fully saturated rings. The minimum atomic E-state index is -0.907. The fourth-order valence-electron chi connectivity index (χ4n) is 3.51. The van der Waals surface area contributed by atoms with E-state index in [1.54, 1.807) is 19.9 Å². The molecule has 1 atom stereocenters. The summed E-state index contributed by atoms with van der Waals surface area (Å²) in [5.74, 6) is -1.34. The quantitative estimate of drug-likeness (QED) is 0.310. The molecule has 2 N–H and O–H groups in total. The Balaban J connectivity index is 1.75. The van der Waals surface area contributed by atoms with Crippen molar-refractivity contribution in [2.75, 3.05) is 31.2 Å². The summed E-state index contributed by atoms with van der Waals surface area (Å²) in [5, 5.41) is 18.5. The van der Waals surface area contributed by atoms with Crippen molar-refractivity contribution in [1.29, 1.82) is 0 Å². The molecule has 186 valence electrons. The molecule has 2 aromatic rings. The number of non-ortho nitro benzene ring substituents is 1. The molecule has 1 unspecified atom stereocenters. The van der Waals surface area contributed by atoms with E-state index in [0.29, 0.717) is 36.9 Å². The second-order valence-electron chi connectivity index (χ2n) is 8.15. The molecule has 2 aromatic carbocycles. The molecule has 10 nitrogen and oxygen atoms in total. The minimum Gasteiger partial charge on any atom is -0.378 e. The standard InChI is InChI=1S/C23H25Cl2N5O5/c1-14(2)21(27-22(31)18-5-3-16(24)12-19(18)25)23(32)28-26-13-15-11-17(30(33)34)4-6-20(15)29-7-9-35-10-8-29/h3-6,11-14,21H,7-10H2,1-2H3,(H,27,31)(H,28,32)/b26-13+. The van der Waals surface area contributed by atoms with Gasteiger partial charge in [-0.25, -0.2) is 5.43 Å². The molecule has 3 rings (SSSR count). The van der Waals surface area contributed by atoms with Crippen LogP contribution in [0.4, 0.5) is 11.4 Å². The first-order valence-electron chi connectivity index (χ1n) is 10.9. The van der Waals surface area contributed by atoms with Gasteiger partial charge >= 0.3 is 0 Å². The van der Waals surface area contributed by atoms with Gasteiger partial charge in [0, 0.05) is 41.5 Å². The minimum absolute atomic E-state index is 0.0954. The lowest BCUT2D eigenvalue weighted by Gasteiger charge is -2.29. The van der Waals surface area contributed by atoms with Crippen LogP contribution >= 0.6 is 23.2 Å². The maximum Gasteiger partial charge on any atom is 0.270 e. The number of ether oxygens (including phenoxy) is 1. The van der Waals surface area contributed by atoms with Crippen LogP contribution in [0.25, 0.3) is 0 Å².